The molecule has 2 N–H and O–H groups in total. The molecule has 2 rings (SSSR count). The Morgan fingerprint density at radius 2 is 2.00 bits per heavy atom. The summed E-state index contributed by atoms with van der Waals surface area (Å²) in [5.41, 5.74) is 5.82. The number of rotatable bonds is 6. The quantitative estimate of drug-likeness (QED) is 0.794. The summed E-state index contributed by atoms with van der Waals surface area (Å²) in [7, 11) is 0. The van der Waals surface area contributed by atoms with Gasteiger partial charge < -0.3 is 5.73 Å². The standard InChI is InChI=1S/C13H26N6/c1-3-12(9-14)18-7-5-17(6-8-18)10-13-15-11-16-19(13)4-2/h11-12H,3-10,14H2,1-2H3. The summed E-state index contributed by atoms with van der Waals surface area (Å²) in [5.74, 6) is 1.07. The highest BCUT2D eigenvalue weighted by molar-refractivity contribution is 4.87. The molecular formula is C13H26N6. The lowest BCUT2D eigenvalue weighted by Gasteiger charge is -2.38. The van der Waals surface area contributed by atoms with Crippen LogP contribution in [0.2, 0.25) is 0 Å². The number of hydrogen-bond acceptors (Lipinski definition) is 5. The maximum absolute atomic E-state index is 5.82. The Hall–Kier alpha value is -0.980. The molecule has 19 heavy (non-hydrogen) atoms. The van der Waals surface area contributed by atoms with Gasteiger partial charge in [-0.25, -0.2) is 9.67 Å². The number of aryl methyl sites for hydroxylation is 1. The molecule has 1 aromatic heterocycles. The minimum atomic E-state index is 0.543. The summed E-state index contributed by atoms with van der Waals surface area (Å²) in [5, 5.41) is 4.22. The third-order valence-electron chi connectivity index (χ3n) is 4.03. The molecule has 6 nitrogen and oxygen atoms in total. The highest BCUT2D eigenvalue weighted by Gasteiger charge is 2.22. The molecule has 1 saturated heterocycles. The van der Waals surface area contributed by atoms with E-state index in [1.54, 1.807) is 6.33 Å². The fraction of sp³-hybridized carbons (Fsp3) is 0.846. The van der Waals surface area contributed by atoms with Crippen molar-refractivity contribution < 1.29 is 0 Å². The lowest BCUT2D eigenvalue weighted by molar-refractivity contribution is 0.0902. The van der Waals surface area contributed by atoms with Crippen LogP contribution >= 0.6 is 0 Å². The predicted molar refractivity (Wildman–Crippen MR) is 75.7 cm³/mol. The van der Waals surface area contributed by atoms with Gasteiger partial charge >= 0.3 is 0 Å². The van der Waals surface area contributed by atoms with E-state index in [-0.39, 0.29) is 0 Å². The number of piperazine rings is 1. The Balaban J connectivity index is 1.83. The van der Waals surface area contributed by atoms with Crippen molar-refractivity contribution in [1.29, 1.82) is 0 Å². The fourth-order valence-corrected chi connectivity index (χ4v) is 2.74. The molecular weight excluding hydrogens is 240 g/mol. The van der Waals surface area contributed by atoms with Crippen LogP contribution in [0.4, 0.5) is 0 Å². The van der Waals surface area contributed by atoms with Crippen LogP contribution in [0.1, 0.15) is 26.1 Å². The van der Waals surface area contributed by atoms with Gasteiger partial charge in [0.25, 0.3) is 0 Å². The van der Waals surface area contributed by atoms with E-state index >= 15 is 0 Å². The van der Waals surface area contributed by atoms with Crippen molar-refractivity contribution in [2.75, 3.05) is 32.7 Å². The largest absolute Gasteiger partial charge is 0.329 e. The van der Waals surface area contributed by atoms with Gasteiger partial charge in [0.2, 0.25) is 0 Å². The lowest BCUT2D eigenvalue weighted by Crippen LogP contribution is -2.51. The van der Waals surface area contributed by atoms with Gasteiger partial charge in [-0.2, -0.15) is 5.10 Å². The number of nitrogens with zero attached hydrogens (tertiary/aromatic N) is 5. The third kappa shape index (κ3) is 3.52. The first-order valence-electron chi connectivity index (χ1n) is 7.31. The zero-order chi connectivity index (χ0) is 13.7. The van der Waals surface area contributed by atoms with E-state index in [2.05, 4.69) is 33.7 Å². The number of nitrogens with two attached hydrogens (primary N) is 1. The zero-order valence-electron chi connectivity index (χ0n) is 12.1. The molecule has 0 amide bonds. The number of hydrogen-bond donors (Lipinski definition) is 1. The van der Waals surface area contributed by atoms with E-state index in [0.29, 0.717) is 6.04 Å². The Kier molecular flexibility index (Phi) is 5.30. The average Bonchev–Trinajstić information content (AvgIpc) is 2.89. The first-order valence-corrected chi connectivity index (χ1v) is 7.31. The molecule has 1 aliphatic heterocycles. The average molecular weight is 266 g/mol. The van der Waals surface area contributed by atoms with Crippen LogP contribution in [0, 0.1) is 0 Å². The molecule has 0 radical (unpaired) electrons. The summed E-state index contributed by atoms with van der Waals surface area (Å²) < 4.78 is 1.97. The van der Waals surface area contributed by atoms with Crippen LogP contribution in [0.3, 0.4) is 0 Å². The van der Waals surface area contributed by atoms with Crippen LogP contribution < -0.4 is 5.73 Å². The van der Waals surface area contributed by atoms with E-state index in [1.165, 1.54) is 0 Å². The summed E-state index contributed by atoms with van der Waals surface area (Å²) in [6.07, 6.45) is 2.79. The molecule has 1 fully saturated rings. The fourth-order valence-electron chi connectivity index (χ4n) is 2.74. The molecule has 6 heteroatoms. The molecule has 0 bridgehead atoms. The zero-order valence-corrected chi connectivity index (χ0v) is 12.1. The maximum Gasteiger partial charge on any atom is 0.140 e. The highest BCUT2D eigenvalue weighted by atomic mass is 15.4. The van der Waals surface area contributed by atoms with Gasteiger partial charge in [-0.05, 0) is 13.3 Å². The second-order valence-corrected chi connectivity index (χ2v) is 5.10. The normalized spacial score (nSPS) is 19.7. The topological polar surface area (TPSA) is 63.2 Å². The summed E-state index contributed by atoms with van der Waals surface area (Å²) in [4.78, 5) is 9.31. The first-order chi connectivity index (χ1) is 9.28. The predicted octanol–water partition coefficient (Wildman–Crippen LogP) is 0.153. The highest BCUT2D eigenvalue weighted by Crippen LogP contribution is 2.10. The van der Waals surface area contributed by atoms with Gasteiger partial charge in [0, 0.05) is 45.3 Å². The molecule has 2 heterocycles. The van der Waals surface area contributed by atoms with Gasteiger partial charge in [-0.15, -0.1) is 0 Å². The minimum Gasteiger partial charge on any atom is -0.329 e. The van der Waals surface area contributed by atoms with E-state index in [1.807, 2.05) is 4.68 Å². The molecule has 0 saturated carbocycles. The van der Waals surface area contributed by atoms with Gasteiger partial charge in [0.05, 0.1) is 6.54 Å². The van der Waals surface area contributed by atoms with E-state index < -0.39 is 0 Å². The lowest BCUT2D eigenvalue weighted by atomic mass is 10.1. The second-order valence-electron chi connectivity index (χ2n) is 5.10. The Labute approximate surface area is 115 Å². The molecule has 0 aromatic carbocycles. The van der Waals surface area contributed by atoms with Crippen molar-refractivity contribution in [2.45, 2.75) is 39.4 Å². The van der Waals surface area contributed by atoms with Crippen LogP contribution in [0.15, 0.2) is 6.33 Å². The molecule has 1 aliphatic rings. The van der Waals surface area contributed by atoms with Crippen molar-refractivity contribution in [3.8, 4) is 0 Å². The monoisotopic (exact) mass is 266 g/mol. The van der Waals surface area contributed by atoms with E-state index in [0.717, 1.165) is 58.1 Å². The van der Waals surface area contributed by atoms with Crippen LogP contribution in [0.25, 0.3) is 0 Å². The van der Waals surface area contributed by atoms with Crippen LogP contribution in [-0.4, -0.2) is 63.3 Å². The SMILES string of the molecule is CCC(CN)N1CCN(Cc2ncnn2CC)CC1. The Morgan fingerprint density at radius 1 is 1.26 bits per heavy atom. The van der Waals surface area contributed by atoms with Gasteiger partial charge in [0.1, 0.15) is 12.2 Å². The van der Waals surface area contributed by atoms with Crippen molar-refractivity contribution >= 4 is 0 Å². The second kappa shape index (κ2) is 6.98. The van der Waals surface area contributed by atoms with Gasteiger partial charge in [0.15, 0.2) is 0 Å². The summed E-state index contributed by atoms with van der Waals surface area (Å²) >= 11 is 0. The minimum absolute atomic E-state index is 0.543. The summed E-state index contributed by atoms with van der Waals surface area (Å²) in [6.45, 7) is 11.3. The van der Waals surface area contributed by atoms with E-state index in [4.69, 9.17) is 5.73 Å². The van der Waals surface area contributed by atoms with Crippen LogP contribution in [0.5, 0.6) is 0 Å². The first kappa shape index (κ1) is 14.4. The molecule has 108 valence electrons. The maximum atomic E-state index is 5.82. The molecule has 0 spiro atoms. The van der Waals surface area contributed by atoms with E-state index in [9.17, 15) is 0 Å². The van der Waals surface area contributed by atoms with Crippen molar-refractivity contribution in [3.05, 3.63) is 12.2 Å². The molecule has 1 atom stereocenters. The molecule has 1 unspecified atom stereocenters. The smallest absolute Gasteiger partial charge is 0.140 e. The van der Waals surface area contributed by atoms with Gasteiger partial charge in [-0.1, -0.05) is 6.92 Å². The molecule has 1 aromatic rings. The Morgan fingerprint density at radius 3 is 2.58 bits per heavy atom. The third-order valence-corrected chi connectivity index (χ3v) is 4.03. The van der Waals surface area contributed by atoms with Gasteiger partial charge in [-0.3, -0.25) is 9.80 Å². The summed E-state index contributed by atoms with van der Waals surface area (Å²) in [6, 6.07) is 0.543. The van der Waals surface area contributed by atoms with Crippen molar-refractivity contribution in [1.82, 2.24) is 24.6 Å². The van der Waals surface area contributed by atoms with Crippen LogP contribution in [-0.2, 0) is 13.1 Å². The molecule has 0 aliphatic carbocycles. The number of aromatic nitrogens is 3. The van der Waals surface area contributed by atoms with Crippen molar-refractivity contribution in [2.24, 2.45) is 5.73 Å². The van der Waals surface area contributed by atoms with Crippen molar-refractivity contribution in [3.63, 3.8) is 0 Å². The Bertz CT molecular complexity index is 365.